The highest BCUT2D eigenvalue weighted by Crippen LogP contribution is 2.29. The average molecular weight is 362 g/mol. The maximum atomic E-state index is 13.0. The Balaban J connectivity index is 1.66. The van der Waals surface area contributed by atoms with Crippen LogP contribution in [0, 0.1) is 0 Å². The molecule has 1 aromatic carbocycles. The number of amides is 1. The molecule has 0 unspecified atom stereocenters. The van der Waals surface area contributed by atoms with Crippen LogP contribution in [0.2, 0.25) is 0 Å². The summed E-state index contributed by atoms with van der Waals surface area (Å²) in [7, 11) is -3.80. The lowest BCUT2D eigenvalue weighted by Crippen LogP contribution is -2.46. The summed E-state index contributed by atoms with van der Waals surface area (Å²) in [5.74, 6) is -0.213. The van der Waals surface area contributed by atoms with Gasteiger partial charge in [-0.25, -0.2) is 13.2 Å². The maximum Gasteiger partial charge on any atom is 0.336 e. The number of carbonyl (C=O) groups excluding carboxylic acids is 1. The molecular weight excluding hydrogens is 344 g/mol. The molecule has 1 aromatic heterocycles. The lowest BCUT2D eigenvalue weighted by Gasteiger charge is -2.23. The van der Waals surface area contributed by atoms with E-state index in [9.17, 15) is 18.0 Å². The van der Waals surface area contributed by atoms with Gasteiger partial charge in [0.1, 0.15) is 11.6 Å². The molecule has 1 aliphatic heterocycles. The molecule has 1 saturated carbocycles. The van der Waals surface area contributed by atoms with Gasteiger partial charge in [0, 0.05) is 24.0 Å². The van der Waals surface area contributed by atoms with Gasteiger partial charge >= 0.3 is 5.63 Å². The molecule has 4 rings (SSSR count). The molecule has 1 amide bonds. The van der Waals surface area contributed by atoms with Crippen LogP contribution >= 0.6 is 0 Å². The van der Waals surface area contributed by atoms with E-state index in [-0.39, 0.29) is 16.8 Å². The highest BCUT2D eigenvalue weighted by atomic mass is 32.2. The third kappa shape index (κ3) is 3.07. The van der Waals surface area contributed by atoms with E-state index in [4.69, 9.17) is 4.42 Å². The molecule has 0 radical (unpaired) electrons. The van der Waals surface area contributed by atoms with E-state index in [1.165, 1.54) is 34.6 Å². The Bertz CT molecular complexity index is 994. The predicted octanol–water partition coefficient (Wildman–Crippen LogP) is 1.22. The average Bonchev–Trinajstić information content (AvgIpc) is 3.25. The Hall–Kier alpha value is -2.19. The van der Waals surface area contributed by atoms with Crippen LogP contribution < -0.4 is 10.9 Å². The van der Waals surface area contributed by atoms with Gasteiger partial charge in [-0.1, -0.05) is 0 Å². The quantitative estimate of drug-likeness (QED) is 0.825. The number of rotatable bonds is 4. The summed E-state index contributed by atoms with van der Waals surface area (Å²) in [5.41, 5.74) is -0.157. The first-order valence-electron chi connectivity index (χ1n) is 8.31. The van der Waals surface area contributed by atoms with E-state index in [0.29, 0.717) is 30.4 Å². The standard InChI is InChI=1S/C17H18N2O5S/c20-16-8-3-11-10-13(6-7-15(11)24-16)25(22,23)19-9-1-2-14(19)17(21)18-12-4-5-12/h3,6-8,10,12,14H,1-2,4-5,9H2,(H,18,21)/t14-/m0/s1. The van der Waals surface area contributed by atoms with E-state index in [1.807, 2.05) is 0 Å². The lowest BCUT2D eigenvalue weighted by molar-refractivity contribution is -0.124. The molecule has 25 heavy (non-hydrogen) atoms. The fraction of sp³-hybridized carbons (Fsp3) is 0.412. The van der Waals surface area contributed by atoms with Gasteiger partial charge < -0.3 is 9.73 Å². The van der Waals surface area contributed by atoms with Crippen LogP contribution in [0.5, 0.6) is 0 Å². The van der Waals surface area contributed by atoms with Crippen molar-refractivity contribution in [1.29, 1.82) is 0 Å². The van der Waals surface area contributed by atoms with Crippen molar-refractivity contribution in [3.8, 4) is 0 Å². The molecule has 2 fully saturated rings. The Labute approximate surface area is 144 Å². The Kier molecular flexibility index (Phi) is 3.88. The SMILES string of the molecule is O=C(NC1CC1)[C@@H]1CCCN1S(=O)(=O)c1ccc2oc(=O)ccc2c1. The lowest BCUT2D eigenvalue weighted by atomic mass is 10.2. The van der Waals surface area contributed by atoms with Crippen molar-refractivity contribution in [2.45, 2.75) is 42.7 Å². The van der Waals surface area contributed by atoms with Gasteiger partial charge in [-0.05, 0) is 49.9 Å². The van der Waals surface area contributed by atoms with Crippen LogP contribution in [0.25, 0.3) is 11.0 Å². The zero-order valence-electron chi connectivity index (χ0n) is 13.5. The minimum Gasteiger partial charge on any atom is -0.423 e. The van der Waals surface area contributed by atoms with Crippen LogP contribution in [0.15, 0.2) is 44.4 Å². The number of fused-ring (bicyclic) bond motifs is 1. The van der Waals surface area contributed by atoms with Gasteiger partial charge in [0.25, 0.3) is 0 Å². The number of carbonyl (C=O) groups is 1. The van der Waals surface area contributed by atoms with Crippen LogP contribution in [0.3, 0.4) is 0 Å². The molecule has 7 nitrogen and oxygen atoms in total. The summed E-state index contributed by atoms with van der Waals surface area (Å²) in [6.45, 7) is 0.326. The molecule has 1 aliphatic carbocycles. The van der Waals surface area contributed by atoms with E-state index in [0.717, 1.165) is 12.8 Å². The molecule has 0 bridgehead atoms. The Morgan fingerprint density at radius 3 is 2.72 bits per heavy atom. The van der Waals surface area contributed by atoms with Gasteiger partial charge in [0.05, 0.1) is 4.90 Å². The highest BCUT2D eigenvalue weighted by molar-refractivity contribution is 7.89. The second-order valence-corrected chi connectivity index (χ2v) is 8.40. The van der Waals surface area contributed by atoms with Crippen molar-refractivity contribution in [2.24, 2.45) is 0 Å². The first-order valence-corrected chi connectivity index (χ1v) is 9.75. The van der Waals surface area contributed by atoms with Crippen LogP contribution in [-0.4, -0.2) is 37.3 Å². The molecule has 0 spiro atoms. The Morgan fingerprint density at radius 2 is 1.96 bits per heavy atom. The van der Waals surface area contributed by atoms with Crippen molar-refractivity contribution in [3.05, 3.63) is 40.8 Å². The monoisotopic (exact) mass is 362 g/mol. The van der Waals surface area contributed by atoms with Crippen molar-refractivity contribution in [2.75, 3.05) is 6.54 Å². The van der Waals surface area contributed by atoms with Crippen molar-refractivity contribution in [1.82, 2.24) is 9.62 Å². The summed E-state index contributed by atoms with van der Waals surface area (Å²) < 4.78 is 32.3. The number of hydrogen-bond donors (Lipinski definition) is 1. The number of nitrogens with one attached hydrogen (secondary N) is 1. The second kappa shape index (κ2) is 5.96. The van der Waals surface area contributed by atoms with Gasteiger partial charge in [-0.2, -0.15) is 4.31 Å². The third-order valence-corrected chi connectivity index (χ3v) is 6.53. The summed E-state index contributed by atoms with van der Waals surface area (Å²) in [4.78, 5) is 23.7. The first kappa shape index (κ1) is 16.3. The minimum atomic E-state index is -3.80. The first-order chi connectivity index (χ1) is 11.9. The zero-order valence-corrected chi connectivity index (χ0v) is 14.3. The molecule has 8 heteroatoms. The molecule has 2 heterocycles. The van der Waals surface area contributed by atoms with Crippen LogP contribution in [0.1, 0.15) is 25.7 Å². The molecule has 132 valence electrons. The number of nitrogens with zero attached hydrogens (tertiary/aromatic N) is 1. The summed E-state index contributed by atoms with van der Waals surface area (Å²) in [5, 5.41) is 3.42. The van der Waals surface area contributed by atoms with E-state index in [2.05, 4.69) is 5.32 Å². The number of hydrogen-bond acceptors (Lipinski definition) is 5. The number of benzene rings is 1. The van der Waals surface area contributed by atoms with Gasteiger partial charge in [-0.3, -0.25) is 4.79 Å². The molecule has 1 saturated heterocycles. The smallest absolute Gasteiger partial charge is 0.336 e. The fourth-order valence-electron chi connectivity index (χ4n) is 3.16. The zero-order chi connectivity index (χ0) is 17.6. The van der Waals surface area contributed by atoms with Crippen molar-refractivity contribution >= 4 is 26.9 Å². The molecule has 1 atom stereocenters. The van der Waals surface area contributed by atoms with Crippen molar-refractivity contribution < 1.29 is 17.6 Å². The van der Waals surface area contributed by atoms with Crippen LogP contribution in [-0.2, 0) is 14.8 Å². The normalized spacial score (nSPS) is 21.5. The number of sulfonamides is 1. The molecule has 1 N–H and O–H groups in total. The van der Waals surface area contributed by atoms with E-state index in [1.54, 1.807) is 0 Å². The van der Waals surface area contributed by atoms with Gasteiger partial charge in [0.15, 0.2) is 0 Å². The fourth-order valence-corrected chi connectivity index (χ4v) is 4.85. The van der Waals surface area contributed by atoms with Crippen molar-refractivity contribution in [3.63, 3.8) is 0 Å². The topological polar surface area (TPSA) is 96.7 Å². The molecule has 2 aliphatic rings. The summed E-state index contributed by atoms with van der Waals surface area (Å²) >= 11 is 0. The largest absolute Gasteiger partial charge is 0.423 e. The van der Waals surface area contributed by atoms with Gasteiger partial charge in [-0.15, -0.1) is 0 Å². The van der Waals surface area contributed by atoms with E-state index >= 15 is 0 Å². The van der Waals surface area contributed by atoms with Gasteiger partial charge in [0.2, 0.25) is 15.9 Å². The summed E-state index contributed by atoms with van der Waals surface area (Å²) in [6.07, 6.45) is 3.10. The minimum absolute atomic E-state index is 0.0972. The Morgan fingerprint density at radius 1 is 1.16 bits per heavy atom. The highest BCUT2D eigenvalue weighted by Gasteiger charge is 2.40. The predicted molar refractivity (Wildman–Crippen MR) is 90.6 cm³/mol. The molecule has 2 aromatic rings. The van der Waals surface area contributed by atoms with Crippen LogP contribution in [0.4, 0.5) is 0 Å². The summed E-state index contributed by atoms with van der Waals surface area (Å²) in [6, 6.07) is 6.67. The van der Waals surface area contributed by atoms with E-state index < -0.39 is 21.7 Å². The maximum absolute atomic E-state index is 13.0. The second-order valence-electron chi connectivity index (χ2n) is 6.51. The third-order valence-electron chi connectivity index (χ3n) is 4.63. The molecular formula is C17H18N2O5S.